The fraction of sp³-hybridized carbons (Fsp3) is 0.229. The standard InChI is InChI=1S/C35H35ClN4O3/c36-32-8-4-5-9-33(32)38-34(41)25-43-31-16-12-28(13-17-31)23-37-39-35(42)30-14-10-29(11-15-30)24-40-20-18-27(19-21-40)22-26-6-2-1-3-7-26/h1-17,23,27H,18-22,24-25H2,(H,38,41)(H,39,42)/b37-23-. The van der Waals surface area contributed by atoms with Gasteiger partial charge in [-0.25, -0.2) is 5.43 Å². The minimum absolute atomic E-state index is 0.152. The van der Waals surface area contributed by atoms with Gasteiger partial charge in [0, 0.05) is 12.1 Å². The van der Waals surface area contributed by atoms with Gasteiger partial charge in [0.25, 0.3) is 11.8 Å². The highest BCUT2D eigenvalue weighted by Crippen LogP contribution is 2.23. The highest BCUT2D eigenvalue weighted by Gasteiger charge is 2.19. The van der Waals surface area contributed by atoms with Crippen LogP contribution in [0.25, 0.3) is 0 Å². The second-order valence-corrected chi connectivity index (χ2v) is 11.1. The molecule has 1 aliphatic heterocycles. The van der Waals surface area contributed by atoms with E-state index in [1.807, 2.05) is 24.3 Å². The largest absolute Gasteiger partial charge is 0.484 e. The Morgan fingerprint density at radius 3 is 2.28 bits per heavy atom. The molecule has 7 nitrogen and oxygen atoms in total. The van der Waals surface area contributed by atoms with Gasteiger partial charge < -0.3 is 10.1 Å². The number of carbonyl (C=O) groups is 2. The van der Waals surface area contributed by atoms with Crippen molar-refractivity contribution in [1.82, 2.24) is 10.3 Å². The van der Waals surface area contributed by atoms with Crippen LogP contribution in [0.3, 0.4) is 0 Å². The van der Waals surface area contributed by atoms with E-state index in [0.29, 0.717) is 22.0 Å². The summed E-state index contributed by atoms with van der Waals surface area (Å²) in [5.41, 5.74) is 7.07. The first-order valence-corrected chi connectivity index (χ1v) is 14.9. The first-order valence-electron chi connectivity index (χ1n) is 14.5. The van der Waals surface area contributed by atoms with Crippen molar-refractivity contribution in [3.05, 3.63) is 130 Å². The molecule has 4 aromatic rings. The lowest BCUT2D eigenvalue weighted by molar-refractivity contribution is -0.118. The molecule has 2 amide bonds. The molecular weight excluding hydrogens is 560 g/mol. The second-order valence-electron chi connectivity index (χ2n) is 10.7. The smallest absolute Gasteiger partial charge is 0.271 e. The summed E-state index contributed by atoms with van der Waals surface area (Å²) >= 11 is 6.06. The van der Waals surface area contributed by atoms with Gasteiger partial charge in [-0.1, -0.05) is 66.2 Å². The summed E-state index contributed by atoms with van der Waals surface area (Å²) in [4.78, 5) is 27.2. The van der Waals surface area contributed by atoms with Gasteiger partial charge in [-0.2, -0.15) is 5.10 Å². The molecule has 4 aromatic carbocycles. The van der Waals surface area contributed by atoms with E-state index in [1.165, 1.54) is 24.0 Å². The van der Waals surface area contributed by atoms with E-state index in [4.69, 9.17) is 16.3 Å². The summed E-state index contributed by atoms with van der Waals surface area (Å²) in [5, 5.41) is 7.26. The molecule has 0 unspecified atom stereocenters. The molecule has 0 bridgehead atoms. The summed E-state index contributed by atoms with van der Waals surface area (Å²) in [5.74, 6) is 0.699. The third kappa shape index (κ3) is 9.26. The topological polar surface area (TPSA) is 83.0 Å². The summed E-state index contributed by atoms with van der Waals surface area (Å²) < 4.78 is 5.55. The van der Waals surface area contributed by atoms with Gasteiger partial charge in [-0.3, -0.25) is 14.5 Å². The van der Waals surface area contributed by atoms with Crippen molar-refractivity contribution in [2.24, 2.45) is 11.0 Å². The molecule has 0 aromatic heterocycles. The Morgan fingerprint density at radius 2 is 1.56 bits per heavy atom. The van der Waals surface area contributed by atoms with Crippen LogP contribution in [-0.4, -0.2) is 42.6 Å². The van der Waals surface area contributed by atoms with Gasteiger partial charge in [0.05, 0.1) is 16.9 Å². The Labute approximate surface area is 257 Å². The molecule has 1 heterocycles. The van der Waals surface area contributed by atoms with E-state index in [9.17, 15) is 9.59 Å². The summed E-state index contributed by atoms with van der Waals surface area (Å²) in [7, 11) is 0. The number of nitrogens with one attached hydrogen (secondary N) is 2. The molecule has 1 saturated heterocycles. The minimum Gasteiger partial charge on any atom is -0.484 e. The van der Waals surface area contributed by atoms with Crippen LogP contribution in [0.5, 0.6) is 5.75 Å². The first kappa shape index (κ1) is 30.0. The molecule has 0 spiro atoms. The van der Waals surface area contributed by atoms with E-state index in [0.717, 1.165) is 37.5 Å². The molecule has 5 rings (SSSR count). The molecule has 220 valence electrons. The molecule has 43 heavy (non-hydrogen) atoms. The van der Waals surface area contributed by atoms with E-state index in [-0.39, 0.29) is 18.4 Å². The number of halogens is 1. The highest BCUT2D eigenvalue weighted by atomic mass is 35.5. The number of carbonyl (C=O) groups excluding carboxylic acids is 2. The number of para-hydroxylation sites is 1. The van der Waals surface area contributed by atoms with Crippen molar-refractivity contribution in [1.29, 1.82) is 0 Å². The number of rotatable bonds is 11. The quantitative estimate of drug-likeness (QED) is 0.152. The molecule has 0 atom stereocenters. The van der Waals surface area contributed by atoms with Gasteiger partial charge in [-0.05, 0) is 103 Å². The zero-order chi connectivity index (χ0) is 29.9. The third-order valence-corrected chi connectivity index (χ3v) is 7.80. The molecule has 0 aliphatic carbocycles. The first-order chi connectivity index (χ1) is 21.0. The maximum atomic E-state index is 12.6. The van der Waals surface area contributed by atoms with Crippen LogP contribution in [0.2, 0.25) is 5.02 Å². The monoisotopic (exact) mass is 594 g/mol. The average molecular weight is 595 g/mol. The van der Waals surface area contributed by atoms with E-state index in [2.05, 4.69) is 51.1 Å². The predicted molar refractivity (Wildman–Crippen MR) is 172 cm³/mol. The molecule has 1 fully saturated rings. The van der Waals surface area contributed by atoms with Crippen LogP contribution in [-0.2, 0) is 17.8 Å². The molecule has 8 heteroatoms. The Balaban J connectivity index is 1.01. The van der Waals surface area contributed by atoms with Gasteiger partial charge in [-0.15, -0.1) is 0 Å². The Bertz CT molecular complexity index is 1520. The van der Waals surface area contributed by atoms with Crippen LogP contribution < -0.4 is 15.5 Å². The number of benzene rings is 4. The second kappa shape index (κ2) is 15.1. The van der Waals surface area contributed by atoms with Crippen LogP contribution in [0.4, 0.5) is 5.69 Å². The number of hydrogen-bond donors (Lipinski definition) is 2. The average Bonchev–Trinajstić information content (AvgIpc) is 3.03. The van der Waals surface area contributed by atoms with Gasteiger partial charge in [0.1, 0.15) is 5.75 Å². The maximum Gasteiger partial charge on any atom is 0.271 e. The highest BCUT2D eigenvalue weighted by molar-refractivity contribution is 6.33. The van der Waals surface area contributed by atoms with Crippen LogP contribution in [0.1, 0.15) is 39.9 Å². The molecule has 1 aliphatic rings. The van der Waals surface area contributed by atoms with Gasteiger partial charge >= 0.3 is 0 Å². The number of piperidine rings is 1. The number of amides is 2. The third-order valence-electron chi connectivity index (χ3n) is 7.47. The Hall–Kier alpha value is -4.46. The number of likely N-dealkylation sites (tertiary alicyclic amines) is 1. The fourth-order valence-corrected chi connectivity index (χ4v) is 5.28. The molecule has 0 saturated carbocycles. The van der Waals surface area contributed by atoms with Crippen molar-refractivity contribution in [3.8, 4) is 5.75 Å². The summed E-state index contributed by atoms with van der Waals surface area (Å²) in [6.45, 7) is 2.94. The Morgan fingerprint density at radius 1 is 0.860 bits per heavy atom. The van der Waals surface area contributed by atoms with Gasteiger partial charge in [0.2, 0.25) is 0 Å². The van der Waals surface area contributed by atoms with Crippen molar-refractivity contribution < 1.29 is 14.3 Å². The zero-order valence-corrected chi connectivity index (χ0v) is 24.7. The van der Waals surface area contributed by atoms with Crippen molar-refractivity contribution >= 4 is 35.3 Å². The number of ether oxygens (including phenoxy) is 1. The fourth-order valence-electron chi connectivity index (χ4n) is 5.09. The van der Waals surface area contributed by atoms with Gasteiger partial charge in [0.15, 0.2) is 6.61 Å². The Kier molecular flexibility index (Phi) is 10.6. The normalized spacial score (nSPS) is 14.0. The summed E-state index contributed by atoms with van der Waals surface area (Å²) in [6.07, 6.45) is 5.14. The minimum atomic E-state index is -0.311. The molecule has 2 N–H and O–H groups in total. The SMILES string of the molecule is O=C(COc1ccc(/C=N\NC(=O)c2ccc(CN3CCC(Cc4ccccc4)CC3)cc2)cc1)Nc1ccccc1Cl. The summed E-state index contributed by atoms with van der Waals surface area (Å²) in [6, 6.07) is 32.5. The van der Waals surface area contributed by atoms with E-state index in [1.54, 1.807) is 54.7 Å². The lowest BCUT2D eigenvalue weighted by Gasteiger charge is -2.32. The van der Waals surface area contributed by atoms with Crippen molar-refractivity contribution in [3.63, 3.8) is 0 Å². The number of anilines is 1. The van der Waals surface area contributed by atoms with Crippen molar-refractivity contribution in [2.45, 2.75) is 25.8 Å². The van der Waals surface area contributed by atoms with E-state index >= 15 is 0 Å². The lowest BCUT2D eigenvalue weighted by Crippen LogP contribution is -2.33. The predicted octanol–water partition coefficient (Wildman–Crippen LogP) is 6.58. The van der Waals surface area contributed by atoms with Crippen molar-refractivity contribution in [2.75, 3.05) is 25.0 Å². The number of hydrogen-bond acceptors (Lipinski definition) is 5. The van der Waals surface area contributed by atoms with Crippen LogP contribution in [0.15, 0.2) is 108 Å². The maximum absolute atomic E-state index is 12.6. The van der Waals surface area contributed by atoms with E-state index < -0.39 is 0 Å². The number of nitrogens with zero attached hydrogens (tertiary/aromatic N) is 2. The molecular formula is C35H35ClN4O3. The number of hydrazone groups is 1. The zero-order valence-electron chi connectivity index (χ0n) is 23.9. The van der Waals surface area contributed by atoms with Crippen LogP contribution in [0, 0.1) is 5.92 Å². The lowest BCUT2D eigenvalue weighted by atomic mass is 9.90. The molecule has 0 radical (unpaired) electrons. The van der Waals surface area contributed by atoms with Crippen LogP contribution >= 0.6 is 11.6 Å².